The molecule has 0 aromatic rings. The zero-order chi connectivity index (χ0) is 13.9. The molecule has 3 aliphatic rings. The fourth-order valence-corrected chi connectivity index (χ4v) is 4.15. The van der Waals surface area contributed by atoms with Crippen molar-refractivity contribution in [3.8, 4) is 0 Å². The summed E-state index contributed by atoms with van der Waals surface area (Å²) >= 11 is 7.89. The van der Waals surface area contributed by atoms with E-state index in [4.69, 9.17) is 11.6 Å². The number of hydrogen-bond acceptors (Lipinski definition) is 3. The van der Waals surface area contributed by atoms with Gasteiger partial charge in [-0.15, -0.1) is 11.8 Å². The van der Waals surface area contributed by atoms with E-state index >= 15 is 0 Å². The van der Waals surface area contributed by atoms with Crippen LogP contribution in [0.4, 0.5) is 0 Å². The lowest BCUT2D eigenvalue weighted by molar-refractivity contribution is -0.116. The number of amides is 1. The molecule has 0 bridgehead atoms. The summed E-state index contributed by atoms with van der Waals surface area (Å²) in [6, 6.07) is 0. The van der Waals surface area contributed by atoms with Gasteiger partial charge in [0.2, 0.25) is 0 Å². The minimum Gasteiger partial charge on any atom is -0.351 e. The maximum atomic E-state index is 12.3. The zero-order valence-electron chi connectivity index (χ0n) is 10.8. The number of aliphatic imine (C=N–C) groups is 1. The smallest absolute Gasteiger partial charge is 0.258 e. The van der Waals surface area contributed by atoms with E-state index in [0.717, 1.165) is 6.42 Å². The Morgan fingerprint density at radius 1 is 1.45 bits per heavy atom. The molecule has 3 unspecified atom stereocenters. The number of fused-ring (bicyclic) bond motifs is 1. The van der Waals surface area contributed by atoms with Crippen LogP contribution in [0.5, 0.6) is 0 Å². The molecule has 0 saturated carbocycles. The molecule has 0 aromatic carbocycles. The van der Waals surface area contributed by atoms with Crippen molar-refractivity contribution >= 4 is 35.5 Å². The van der Waals surface area contributed by atoms with Crippen LogP contribution in [0.15, 0.2) is 51.5 Å². The van der Waals surface area contributed by atoms with Gasteiger partial charge in [0.05, 0.1) is 4.91 Å². The highest BCUT2D eigenvalue weighted by Crippen LogP contribution is 2.46. The molecule has 1 aliphatic carbocycles. The van der Waals surface area contributed by atoms with Crippen LogP contribution in [0, 0.1) is 11.8 Å². The van der Waals surface area contributed by atoms with Gasteiger partial charge in [0.25, 0.3) is 5.91 Å². The van der Waals surface area contributed by atoms with E-state index < -0.39 is 0 Å². The lowest BCUT2D eigenvalue weighted by Crippen LogP contribution is -2.30. The number of rotatable bonds is 3. The van der Waals surface area contributed by atoms with Crippen LogP contribution >= 0.6 is 23.4 Å². The van der Waals surface area contributed by atoms with E-state index in [0.29, 0.717) is 16.5 Å². The van der Waals surface area contributed by atoms with Crippen molar-refractivity contribution in [1.29, 1.82) is 0 Å². The number of thioether (sulfide) groups is 1. The largest absolute Gasteiger partial charge is 0.351 e. The summed E-state index contributed by atoms with van der Waals surface area (Å²) < 4.78 is 0. The average molecular weight is 307 g/mol. The van der Waals surface area contributed by atoms with Crippen LogP contribution in [0.3, 0.4) is 0 Å². The first kappa shape index (κ1) is 13.7. The minimum absolute atomic E-state index is 0.0702. The first-order valence-electron chi connectivity index (χ1n) is 6.63. The summed E-state index contributed by atoms with van der Waals surface area (Å²) in [4.78, 5) is 17.0. The summed E-state index contributed by atoms with van der Waals surface area (Å²) in [5, 5.41) is 3.88. The van der Waals surface area contributed by atoms with Gasteiger partial charge in [-0.2, -0.15) is 0 Å². The lowest BCUT2D eigenvalue weighted by atomic mass is 10.00. The van der Waals surface area contributed by atoms with Crippen molar-refractivity contribution in [2.75, 3.05) is 6.54 Å². The number of nitrogens with one attached hydrogen (secondary N) is 1. The molecule has 2 aliphatic heterocycles. The summed E-state index contributed by atoms with van der Waals surface area (Å²) in [7, 11) is 0. The summed E-state index contributed by atoms with van der Waals surface area (Å²) in [6.07, 6.45) is 14.7. The van der Waals surface area contributed by atoms with Gasteiger partial charge >= 0.3 is 0 Å². The van der Waals surface area contributed by atoms with Crippen molar-refractivity contribution in [3.05, 3.63) is 46.5 Å². The second-order valence-electron chi connectivity index (χ2n) is 4.94. The second kappa shape index (κ2) is 6.02. The standard InChI is InChI=1S/C15H15ClN2OS/c16-13-11-5-1-2-6-12(11)20-14(13)15(19)18-9-10-4-3-7-17-8-10/h1-3,5-8,10-12H,4,9H2,(H,18,19). The van der Waals surface area contributed by atoms with Gasteiger partial charge in [-0.25, -0.2) is 0 Å². The molecular formula is C15H15ClN2OS. The Balaban J connectivity index is 1.61. The summed E-state index contributed by atoms with van der Waals surface area (Å²) in [5.74, 6) is 0.350. The zero-order valence-corrected chi connectivity index (χ0v) is 12.4. The van der Waals surface area contributed by atoms with Gasteiger partial charge in [-0.1, -0.05) is 42.0 Å². The van der Waals surface area contributed by atoms with E-state index in [9.17, 15) is 4.79 Å². The van der Waals surface area contributed by atoms with Crippen LogP contribution in [-0.4, -0.2) is 23.9 Å². The Morgan fingerprint density at radius 2 is 2.30 bits per heavy atom. The Bertz CT molecular complexity index is 562. The fourth-order valence-electron chi connectivity index (χ4n) is 2.40. The Kier molecular flexibility index (Phi) is 4.13. The molecule has 2 heterocycles. The number of hydrogen-bond donors (Lipinski definition) is 1. The van der Waals surface area contributed by atoms with Crippen molar-refractivity contribution < 1.29 is 4.79 Å². The molecule has 0 fully saturated rings. The molecule has 5 heteroatoms. The number of nitrogens with zero attached hydrogens (tertiary/aromatic N) is 1. The molecule has 3 atom stereocenters. The monoisotopic (exact) mass is 306 g/mol. The van der Waals surface area contributed by atoms with E-state index in [-0.39, 0.29) is 23.0 Å². The van der Waals surface area contributed by atoms with Crippen LogP contribution in [0.2, 0.25) is 0 Å². The van der Waals surface area contributed by atoms with Gasteiger partial charge in [0.1, 0.15) is 0 Å². The highest BCUT2D eigenvalue weighted by Gasteiger charge is 2.35. The van der Waals surface area contributed by atoms with Gasteiger partial charge in [-0.05, 0) is 6.42 Å². The van der Waals surface area contributed by atoms with Crippen LogP contribution in [-0.2, 0) is 4.79 Å². The molecule has 20 heavy (non-hydrogen) atoms. The van der Waals surface area contributed by atoms with Gasteiger partial charge < -0.3 is 5.32 Å². The molecular weight excluding hydrogens is 292 g/mol. The molecule has 0 spiro atoms. The predicted octanol–water partition coefficient (Wildman–Crippen LogP) is 3.02. The molecule has 3 rings (SSSR count). The second-order valence-corrected chi connectivity index (χ2v) is 6.54. The molecule has 1 amide bonds. The summed E-state index contributed by atoms with van der Waals surface area (Å²) in [6.45, 7) is 0.599. The molecule has 1 N–H and O–H groups in total. The molecule has 0 radical (unpaired) electrons. The van der Waals surface area contributed by atoms with Crippen molar-refractivity contribution in [1.82, 2.24) is 5.32 Å². The third-order valence-corrected chi connectivity index (χ3v) is 5.42. The molecule has 0 saturated heterocycles. The van der Waals surface area contributed by atoms with Gasteiger partial charge in [0.15, 0.2) is 0 Å². The van der Waals surface area contributed by atoms with E-state index in [2.05, 4.69) is 22.5 Å². The predicted molar refractivity (Wildman–Crippen MR) is 84.8 cm³/mol. The van der Waals surface area contributed by atoms with Crippen molar-refractivity contribution in [3.63, 3.8) is 0 Å². The fraction of sp³-hybridized carbons (Fsp3) is 0.333. The molecule has 3 nitrogen and oxygen atoms in total. The average Bonchev–Trinajstić information content (AvgIpc) is 2.84. The van der Waals surface area contributed by atoms with Crippen LogP contribution in [0.1, 0.15) is 6.42 Å². The highest BCUT2D eigenvalue weighted by molar-refractivity contribution is 8.05. The number of carbonyl (C=O) groups excluding carboxylic acids is 1. The van der Waals surface area contributed by atoms with E-state index in [1.165, 1.54) is 0 Å². The third kappa shape index (κ3) is 2.76. The minimum atomic E-state index is -0.0702. The SMILES string of the molecule is O=C(NCC1C=NC=CC1)C1=C(Cl)C2C=CC=CC2S1. The maximum Gasteiger partial charge on any atom is 0.258 e. The number of allylic oxidation sites excluding steroid dienone is 5. The van der Waals surface area contributed by atoms with E-state index in [1.54, 1.807) is 18.0 Å². The normalized spacial score (nSPS) is 30.8. The lowest BCUT2D eigenvalue weighted by Gasteiger charge is -2.14. The quantitative estimate of drug-likeness (QED) is 0.871. The van der Waals surface area contributed by atoms with Crippen LogP contribution in [0.25, 0.3) is 0 Å². The van der Waals surface area contributed by atoms with Gasteiger partial charge in [0, 0.05) is 41.1 Å². The molecule has 104 valence electrons. The van der Waals surface area contributed by atoms with Crippen molar-refractivity contribution in [2.24, 2.45) is 16.8 Å². The Hall–Kier alpha value is -1.26. The number of carbonyl (C=O) groups is 1. The maximum absolute atomic E-state index is 12.3. The van der Waals surface area contributed by atoms with Gasteiger partial charge in [-0.3, -0.25) is 9.79 Å². The molecule has 0 aromatic heterocycles. The first-order chi connectivity index (χ1) is 9.75. The highest BCUT2D eigenvalue weighted by atomic mass is 35.5. The Morgan fingerprint density at radius 3 is 3.05 bits per heavy atom. The Labute approximate surface area is 127 Å². The topological polar surface area (TPSA) is 41.5 Å². The van der Waals surface area contributed by atoms with Crippen LogP contribution < -0.4 is 5.32 Å². The number of halogens is 1. The van der Waals surface area contributed by atoms with Crippen molar-refractivity contribution in [2.45, 2.75) is 11.7 Å². The summed E-state index contributed by atoms with van der Waals surface area (Å²) in [5.41, 5.74) is 0. The van der Waals surface area contributed by atoms with E-state index in [1.807, 2.05) is 24.4 Å². The third-order valence-electron chi connectivity index (χ3n) is 3.51. The first-order valence-corrected chi connectivity index (χ1v) is 7.89.